The standard InChI is InChI=1S/2C24H26BrN5O3S.C23H24BrN5O3S/c2*1-14(31)23(32)29-8-3-15(4-9-29)5-10-30-18-2-7-27-22(26)21(18)28-24(30)34-20-13-19-16(6-11-33-19)12-17(20)25;24-16-11-15-5-10-32-18(15)12-19(16)33-23-27-21-17(1-6-26-22(21)25)29(23)9-4-14-2-7-28(8-3-14)20(31)13-30/h2*2,6-7,11-15,31H,3-5,8-10H2,1H3,(H2,26,27);1,5-6,10-12,14,30H,2-4,7-9,13H2,(H2,25,26)/t2*14-;/m10./s1. The summed E-state index contributed by atoms with van der Waals surface area (Å²) < 4.78 is 26.3. The van der Waals surface area contributed by atoms with Crippen LogP contribution in [0.3, 0.4) is 0 Å². The number of hydrogen-bond donors (Lipinski definition) is 6. The summed E-state index contributed by atoms with van der Waals surface area (Å²) in [6.45, 7) is 9.16. The lowest BCUT2D eigenvalue weighted by Crippen LogP contribution is -2.43. The lowest BCUT2D eigenvalue weighted by Gasteiger charge is -2.32. The molecule has 30 heteroatoms. The van der Waals surface area contributed by atoms with Crippen molar-refractivity contribution in [3.8, 4) is 0 Å². The predicted octanol–water partition coefficient (Wildman–Crippen LogP) is 13.7. The van der Waals surface area contributed by atoms with E-state index in [0.717, 1.165) is 170 Å². The van der Waals surface area contributed by atoms with Crippen LogP contribution in [-0.4, -0.2) is 149 Å². The number of anilines is 3. The molecule has 3 aliphatic rings. The summed E-state index contributed by atoms with van der Waals surface area (Å²) in [5.74, 6) is 2.22. The summed E-state index contributed by atoms with van der Waals surface area (Å²) >= 11 is 15.8. The smallest absolute Gasteiger partial charge is 0.251 e. The molecule has 9 N–H and O–H groups in total. The number of hydrogen-bond acceptors (Lipinski definition) is 21. The third kappa shape index (κ3) is 16.2. The maximum atomic E-state index is 12.1. The van der Waals surface area contributed by atoms with Gasteiger partial charge in [0.2, 0.25) is 5.91 Å². The normalized spacial score (nSPS) is 15.6. The number of carbonyl (C=O) groups is 3. The van der Waals surface area contributed by atoms with Gasteiger partial charge in [0.05, 0.1) is 35.3 Å². The Kier molecular flexibility index (Phi) is 22.7. The number of carbonyl (C=O) groups excluding carboxylic acids is 3. The maximum absolute atomic E-state index is 12.1. The Hall–Kier alpha value is -7.68. The van der Waals surface area contributed by atoms with Gasteiger partial charge in [0.25, 0.3) is 11.8 Å². The van der Waals surface area contributed by atoms with Gasteiger partial charge in [-0.3, -0.25) is 14.4 Å². The number of aliphatic hydroxyl groups is 3. The number of fused-ring (bicyclic) bond motifs is 6. The fourth-order valence-electron chi connectivity index (χ4n) is 13.4. The van der Waals surface area contributed by atoms with Gasteiger partial charge < -0.3 is 74.2 Å². The minimum absolute atomic E-state index is 0.181. The summed E-state index contributed by atoms with van der Waals surface area (Å²) in [4.78, 5) is 71.4. The first-order chi connectivity index (χ1) is 48.8. The number of aromatic nitrogens is 9. The van der Waals surface area contributed by atoms with Crippen LogP contribution in [0.2, 0.25) is 0 Å². The SMILES string of the molecule is C[C@@H](O)C(=O)N1CCC(CCn2c(Sc3cc4occc4cc3Br)nc3c(N)nccc32)CC1.C[C@H](O)C(=O)N1CCC(CCn2c(Sc3cc4occc4cc3Br)nc3c(N)nccc32)CC1.Nc1nccc2c1nc(Sc1cc3occc3cc1Br)n2CCC1CCN(C(=O)CO)CC1. The van der Waals surface area contributed by atoms with Crippen LogP contribution in [0, 0.1) is 17.8 Å². The number of likely N-dealkylation sites (tertiary alicyclic amines) is 3. The third-order valence-corrected chi connectivity index (χ3v) is 25.0. The van der Waals surface area contributed by atoms with Crippen molar-refractivity contribution in [2.75, 3.05) is 63.1 Å². The number of furan rings is 3. The number of halogens is 3. The van der Waals surface area contributed by atoms with Crippen LogP contribution < -0.4 is 17.2 Å². The zero-order chi connectivity index (χ0) is 70.6. The number of nitrogen functional groups attached to an aromatic ring is 3. The van der Waals surface area contributed by atoms with Crippen molar-refractivity contribution < 1.29 is 43.0 Å². The zero-order valence-electron chi connectivity index (χ0n) is 55.5. The minimum atomic E-state index is -0.938. The number of aryl methyl sites for hydroxylation is 3. The second kappa shape index (κ2) is 31.9. The highest BCUT2D eigenvalue weighted by Crippen LogP contribution is 2.43. The summed E-state index contributed by atoms with van der Waals surface area (Å²) in [5, 5.41) is 33.9. The molecular formula is C71H76Br3N15O9S3. The number of amides is 3. The summed E-state index contributed by atoms with van der Waals surface area (Å²) in [6.07, 6.45) is 16.8. The second-order valence-electron chi connectivity index (χ2n) is 25.6. The third-order valence-electron chi connectivity index (χ3n) is 19.1. The van der Waals surface area contributed by atoms with Crippen molar-refractivity contribution in [1.29, 1.82) is 0 Å². The summed E-state index contributed by atoms with van der Waals surface area (Å²) in [6, 6.07) is 23.9. The molecule has 0 radical (unpaired) electrons. The van der Waals surface area contributed by atoms with E-state index in [1.807, 2.05) is 72.8 Å². The Morgan fingerprint density at radius 2 is 0.782 bits per heavy atom. The van der Waals surface area contributed by atoms with Crippen molar-refractivity contribution in [2.24, 2.45) is 17.8 Å². The summed E-state index contributed by atoms with van der Waals surface area (Å²) in [5.41, 5.74) is 25.9. The van der Waals surface area contributed by atoms with Gasteiger partial charge in [-0.2, -0.15) is 0 Å². The van der Waals surface area contributed by atoms with Crippen LogP contribution in [-0.2, 0) is 34.0 Å². The minimum Gasteiger partial charge on any atom is -0.464 e. The number of pyridine rings is 3. The van der Waals surface area contributed by atoms with Crippen LogP contribution in [0.5, 0.6) is 0 Å². The highest BCUT2D eigenvalue weighted by Gasteiger charge is 2.30. The number of piperidine rings is 3. The van der Waals surface area contributed by atoms with Crippen molar-refractivity contribution in [3.63, 3.8) is 0 Å². The molecule has 3 aromatic carbocycles. The maximum Gasteiger partial charge on any atom is 0.251 e. The number of imidazole rings is 3. The monoisotopic (exact) mass is 1620 g/mol. The molecular weight excluding hydrogens is 1540 g/mol. The van der Waals surface area contributed by atoms with Gasteiger partial charge in [-0.25, -0.2) is 29.9 Å². The predicted molar refractivity (Wildman–Crippen MR) is 402 cm³/mol. The topological polar surface area (TPSA) is 331 Å². The zero-order valence-corrected chi connectivity index (χ0v) is 62.7. The van der Waals surface area contributed by atoms with Gasteiger partial charge in [-0.05, 0) is 210 Å². The first kappa shape index (κ1) is 71.7. The molecule has 3 fully saturated rings. The van der Waals surface area contributed by atoms with E-state index in [9.17, 15) is 24.6 Å². The van der Waals surface area contributed by atoms with E-state index in [-0.39, 0.29) is 17.7 Å². The molecule has 3 aliphatic heterocycles. The van der Waals surface area contributed by atoms with Crippen molar-refractivity contribution in [3.05, 3.63) is 124 Å². The van der Waals surface area contributed by atoms with Gasteiger partial charge in [0, 0.05) is 122 Å². The number of rotatable bonds is 18. The van der Waals surface area contributed by atoms with Crippen LogP contribution >= 0.6 is 83.1 Å². The van der Waals surface area contributed by atoms with Crippen LogP contribution in [0.25, 0.3) is 66.0 Å². The molecule has 528 valence electrons. The fraction of sp³-hybridized carbons (Fsp3) is 0.366. The lowest BCUT2D eigenvalue weighted by molar-refractivity contribution is -0.141. The van der Waals surface area contributed by atoms with Crippen LogP contribution in [0.1, 0.15) is 71.6 Å². The van der Waals surface area contributed by atoms with Crippen LogP contribution in [0.15, 0.2) is 167 Å². The van der Waals surface area contributed by atoms with Gasteiger partial charge in [-0.15, -0.1) is 0 Å². The van der Waals surface area contributed by atoms with Crippen LogP contribution in [0.4, 0.5) is 17.5 Å². The molecule has 15 rings (SSSR count). The molecule has 0 saturated carbocycles. The molecule has 24 nitrogen and oxygen atoms in total. The molecule has 9 aromatic heterocycles. The first-order valence-corrected chi connectivity index (χ1v) is 38.4. The number of benzene rings is 3. The van der Waals surface area contributed by atoms with E-state index in [0.29, 0.717) is 91.0 Å². The average molecular weight is 1620 g/mol. The molecule has 0 aliphatic carbocycles. The van der Waals surface area contributed by atoms with Crippen molar-refractivity contribution in [1.82, 2.24) is 58.3 Å². The Labute approximate surface area is 618 Å². The molecule has 0 unspecified atom stereocenters. The molecule has 3 amide bonds. The van der Waals surface area contributed by atoms with Gasteiger partial charge in [0.15, 0.2) is 32.9 Å². The number of nitrogens with two attached hydrogens (primary N) is 3. The fourth-order valence-corrected chi connectivity index (χ4v) is 18.1. The number of aliphatic hydroxyl groups excluding tert-OH is 3. The average Bonchev–Trinajstić information content (AvgIpc) is 1.60. The highest BCUT2D eigenvalue weighted by atomic mass is 79.9. The van der Waals surface area contributed by atoms with Gasteiger partial charge in [-0.1, -0.05) is 35.3 Å². The molecule has 12 aromatic rings. The van der Waals surface area contributed by atoms with E-state index in [2.05, 4.69) is 76.4 Å². The van der Waals surface area contributed by atoms with Gasteiger partial charge in [0.1, 0.15) is 52.1 Å². The van der Waals surface area contributed by atoms with Crippen molar-refractivity contribution >= 4 is 184 Å². The quantitative estimate of drug-likeness (QED) is 0.0465. The summed E-state index contributed by atoms with van der Waals surface area (Å²) in [7, 11) is 0. The van der Waals surface area contributed by atoms with E-state index < -0.39 is 18.8 Å². The van der Waals surface area contributed by atoms with E-state index in [1.54, 1.807) is 87.4 Å². The Morgan fingerprint density at radius 1 is 0.485 bits per heavy atom. The Morgan fingerprint density at radius 3 is 1.07 bits per heavy atom. The Bertz CT molecular complexity index is 4770. The molecule has 101 heavy (non-hydrogen) atoms. The number of nitrogens with zero attached hydrogens (tertiary/aromatic N) is 12. The molecule has 12 heterocycles. The highest BCUT2D eigenvalue weighted by molar-refractivity contribution is 9.11. The van der Waals surface area contributed by atoms with E-state index >= 15 is 0 Å². The first-order valence-electron chi connectivity index (χ1n) is 33.5. The van der Waals surface area contributed by atoms with E-state index in [4.69, 9.17) is 50.5 Å². The van der Waals surface area contributed by atoms with Crippen molar-refractivity contribution in [2.45, 2.75) is 134 Å². The van der Waals surface area contributed by atoms with Gasteiger partial charge >= 0.3 is 0 Å². The second-order valence-corrected chi connectivity index (χ2v) is 31.2. The lowest BCUT2D eigenvalue weighted by atomic mass is 9.93. The molecule has 0 spiro atoms. The van der Waals surface area contributed by atoms with E-state index in [1.165, 1.54) is 13.8 Å². The molecule has 2 atom stereocenters. The Balaban J connectivity index is 0.000000135. The largest absolute Gasteiger partial charge is 0.464 e. The molecule has 0 bridgehead atoms. The molecule has 3 saturated heterocycles.